The average Bonchev–Trinajstić information content (AvgIpc) is 2.27. The van der Waals surface area contributed by atoms with Crippen LogP contribution in [-0.4, -0.2) is 22.6 Å². The lowest BCUT2D eigenvalue weighted by Crippen LogP contribution is -2.15. The Hall–Kier alpha value is -2.37. The van der Waals surface area contributed by atoms with E-state index in [4.69, 9.17) is 5.26 Å². The zero-order chi connectivity index (χ0) is 13.8. The number of rotatable bonds is 4. The van der Waals surface area contributed by atoms with Crippen molar-refractivity contribution in [1.82, 2.24) is 4.98 Å². The zero-order valence-electron chi connectivity index (χ0n) is 8.86. The fraction of sp³-hybridized carbons (Fsp3) is 0.333. The molecule has 0 aliphatic carbocycles. The van der Waals surface area contributed by atoms with E-state index in [0.29, 0.717) is 0 Å². The van der Waals surface area contributed by atoms with Gasteiger partial charge < -0.3 is 5.32 Å². The van der Waals surface area contributed by atoms with Gasteiger partial charge in [-0.1, -0.05) is 0 Å². The van der Waals surface area contributed by atoms with Crippen LogP contribution < -0.4 is 5.32 Å². The van der Waals surface area contributed by atoms with Crippen molar-refractivity contribution in [2.75, 3.05) is 11.9 Å². The van der Waals surface area contributed by atoms with E-state index >= 15 is 0 Å². The number of nitro groups is 1. The number of nitrogens with zero attached hydrogens (tertiary/aromatic N) is 3. The summed E-state index contributed by atoms with van der Waals surface area (Å²) in [6, 6.07) is 2.60. The van der Waals surface area contributed by atoms with Crippen molar-refractivity contribution < 1.29 is 18.1 Å². The molecule has 0 fully saturated rings. The topological polar surface area (TPSA) is 91.8 Å². The molecule has 0 aliphatic heterocycles. The molecule has 0 aromatic carbocycles. The summed E-state index contributed by atoms with van der Waals surface area (Å²) in [6.45, 7) is -0.525. The lowest BCUT2D eigenvalue weighted by molar-refractivity contribution is -0.384. The summed E-state index contributed by atoms with van der Waals surface area (Å²) in [6.07, 6.45) is -4.44. The maximum absolute atomic E-state index is 11.9. The van der Waals surface area contributed by atoms with E-state index in [0.717, 1.165) is 12.3 Å². The Morgan fingerprint density at radius 3 is 2.72 bits per heavy atom. The summed E-state index contributed by atoms with van der Waals surface area (Å²) in [5.74, 6) is -0.289. The van der Waals surface area contributed by atoms with Gasteiger partial charge in [0.15, 0.2) is 0 Å². The highest BCUT2D eigenvalue weighted by atomic mass is 19.4. The first kappa shape index (κ1) is 13.7. The molecule has 0 amide bonds. The minimum atomic E-state index is -4.35. The van der Waals surface area contributed by atoms with Gasteiger partial charge in [0.2, 0.25) is 5.82 Å². The molecule has 0 spiro atoms. The number of aromatic nitrogens is 1. The average molecular weight is 260 g/mol. The molecule has 1 aromatic rings. The van der Waals surface area contributed by atoms with E-state index < -0.39 is 29.8 Å². The lowest BCUT2D eigenvalue weighted by Gasteiger charge is -2.08. The molecule has 0 atom stereocenters. The monoisotopic (exact) mass is 260 g/mol. The van der Waals surface area contributed by atoms with Crippen LogP contribution in [0.4, 0.5) is 24.7 Å². The number of hydrogen-bond donors (Lipinski definition) is 1. The van der Waals surface area contributed by atoms with Crippen molar-refractivity contribution in [3.63, 3.8) is 0 Å². The van der Waals surface area contributed by atoms with E-state index in [9.17, 15) is 23.3 Å². The molecule has 0 aliphatic rings. The van der Waals surface area contributed by atoms with E-state index in [1.54, 1.807) is 6.07 Å². The highest BCUT2D eigenvalue weighted by Crippen LogP contribution is 2.24. The Morgan fingerprint density at radius 2 is 2.22 bits per heavy atom. The van der Waals surface area contributed by atoms with Gasteiger partial charge in [0.05, 0.1) is 16.9 Å². The maximum atomic E-state index is 11.9. The molecule has 1 aromatic heterocycles. The molecule has 0 bridgehead atoms. The molecule has 1 N–H and O–H groups in total. The van der Waals surface area contributed by atoms with Crippen LogP contribution in [0.1, 0.15) is 12.0 Å². The first-order valence-electron chi connectivity index (χ1n) is 4.68. The van der Waals surface area contributed by atoms with Crippen molar-refractivity contribution in [2.45, 2.75) is 12.6 Å². The summed E-state index contributed by atoms with van der Waals surface area (Å²) >= 11 is 0. The van der Waals surface area contributed by atoms with Crippen LogP contribution in [0.25, 0.3) is 0 Å². The fourth-order valence-electron chi connectivity index (χ4n) is 1.11. The van der Waals surface area contributed by atoms with Crippen LogP contribution in [0.15, 0.2) is 12.3 Å². The highest BCUT2D eigenvalue weighted by Gasteiger charge is 2.27. The molecule has 1 heterocycles. The van der Waals surface area contributed by atoms with Crippen molar-refractivity contribution >= 4 is 11.5 Å². The highest BCUT2D eigenvalue weighted by molar-refractivity contribution is 5.58. The van der Waals surface area contributed by atoms with Gasteiger partial charge in [0.25, 0.3) is 0 Å². The second-order valence-electron chi connectivity index (χ2n) is 3.25. The largest absolute Gasteiger partial charge is 0.390 e. The number of alkyl halides is 3. The van der Waals surface area contributed by atoms with Crippen molar-refractivity contribution in [1.29, 1.82) is 5.26 Å². The standard InChI is InChI=1S/C9H7F3N4O2/c10-9(11,12)1-2-14-8-7(16(17)18)3-6(4-13)5-15-8/h3,5H,1-2H2,(H,14,15). The zero-order valence-corrected chi connectivity index (χ0v) is 8.86. The van der Waals surface area contributed by atoms with Gasteiger partial charge in [-0.15, -0.1) is 0 Å². The second kappa shape index (κ2) is 5.31. The smallest absolute Gasteiger partial charge is 0.364 e. The first-order chi connectivity index (χ1) is 8.33. The van der Waals surface area contributed by atoms with Crippen molar-refractivity contribution in [3.8, 4) is 6.07 Å². The third kappa shape index (κ3) is 3.89. The first-order valence-corrected chi connectivity index (χ1v) is 4.68. The Balaban J connectivity index is 2.83. The van der Waals surface area contributed by atoms with Crippen LogP contribution in [0.2, 0.25) is 0 Å². The van der Waals surface area contributed by atoms with Crippen LogP contribution in [0.5, 0.6) is 0 Å². The van der Waals surface area contributed by atoms with Gasteiger partial charge in [-0.05, 0) is 0 Å². The summed E-state index contributed by atoms with van der Waals surface area (Å²) < 4.78 is 35.7. The van der Waals surface area contributed by atoms with Gasteiger partial charge in [-0.25, -0.2) is 4.98 Å². The Bertz CT molecular complexity index is 496. The summed E-state index contributed by atoms with van der Waals surface area (Å²) in [5, 5.41) is 21.4. The number of nitrogens with one attached hydrogen (secondary N) is 1. The Labute approximate surface area is 99.2 Å². The molecule has 18 heavy (non-hydrogen) atoms. The minimum Gasteiger partial charge on any atom is -0.364 e. The SMILES string of the molecule is N#Cc1cnc(NCCC(F)(F)F)c([N+](=O)[O-])c1. The molecule has 6 nitrogen and oxygen atoms in total. The van der Waals surface area contributed by atoms with E-state index in [1.807, 2.05) is 0 Å². The number of halogens is 3. The van der Waals surface area contributed by atoms with Crippen LogP contribution >= 0.6 is 0 Å². The van der Waals surface area contributed by atoms with Crippen molar-refractivity contribution in [2.24, 2.45) is 0 Å². The number of anilines is 1. The van der Waals surface area contributed by atoms with Crippen LogP contribution in [-0.2, 0) is 0 Å². The Morgan fingerprint density at radius 1 is 1.56 bits per heavy atom. The van der Waals surface area contributed by atoms with Crippen molar-refractivity contribution in [3.05, 3.63) is 27.9 Å². The number of nitriles is 1. The van der Waals surface area contributed by atoms with Gasteiger partial charge in [-0.2, -0.15) is 18.4 Å². The predicted octanol–water partition coefficient (Wildman–Crippen LogP) is 2.23. The number of hydrogen-bond acceptors (Lipinski definition) is 5. The van der Waals surface area contributed by atoms with Gasteiger partial charge in [0.1, 0.15) is 6.07 Å². The van der Waals surface area contributed by atoms with E-state index in [2.05, 4.69) is 10.3 Å². The maximum Gasteiger partial charge on any atom is 0.390 e. The molecule has 0 unspecified atom stereocenters. The molecule has 0 saturated carbocycles. The van der Waals surface area contributed by atoms with Crippen LogP contribution in [0, 0.1) is 21.4 Å². The molecular weight excluding hydrogens is 253 g/mol. The minimum absolute atomic E-state index is 0.0388. The van der Waals surface area contributed by atoms with Gasteiger partial charge in [0, 0.05) is 18.8 Å². The summed E-state index contributed by atoms with van der Waals surface area (Å²) in [7, 11) is 0. The molecule has 0 radical (unpaired) electrons. The molecule has 96 valence electrons. The Kier molecular flexibility index (Phi) is 4.04. The lowest BCUT2D eigenvalue weighted by atomic mass is 10.2. The van der Waals surface area contributed by atoms with E-state index in [1.165, 1.54) is 0 Å². The fourth-order valence-corrected chi connectivity index (χ4v) is 1.11. The van der Waals surface area contributed by atoms with Crippen LogP contribution in [0.3, 0.4) is 0 Å². The van der Waals surface area contributed by atoms with E-state index in [-0.39, 0.29) is 11.4 Å². The quantitative estimate of drug-likeness (QED) is 0.661. The number of pyridine rings is 1. The molecule has 1 rings (SSSR count). The second-order valence-corrected chi connectivity index (χ2v) is 3.25. The normalized spacial score (nSPS) is 10.8. The van der Waals surface area contributed by atoms with Gasteiger partial charge >= 0.3 is 11.9 Å². The molecule has 9 heteroatoms. The third-order valence-corrected chi connectivity index (χ3v) is 1.89. The molecule has 0 saturated heterocycles. The third-order valence-electron chi connectivity index (χ3n) is 1.89. The summed E-state index contributed by atoms with van der Waals surface area (Å²) in [4.78, 5) is 13.4. The van der Waals surface area contributed by atoms with Gasteiger partial charge in [-0.3, -0.25) is 10.1 Å². The molecular formula is C9H7F3N4O2. The summed E-state index contributed by atoms with van der Waals surface area (Å²) in [5.41, 5.74) is -0.570. The predicted molar refractivity (Wildman–Crippen MR) is 54.8 cm³/mol.